The van der Waals surface area contributed by atoms with Gasteiger partial charge in [0.2, 0.25) is 11.2 Å². The number of hydrogen-bond donors (Lipinski definition) is 7. The largest absolute Gasteiger partial charge is 0.481 e. The van der Waals surface area contributed by atoms with Crippen molar-refractivity contribution in [2.75, 3.05) is 0 Å². The van der Waals surface area contributed by atoms with Crippen LogP contribution in [0.3, 0.4) is 0 Å². The van der Waals surface area contributed by atoms with Crippen LogP contribution in [0.5, 0.6) is 0 Å². The van der Waals surface area contributed by atoms with E-state index in [-0.39, 0.29) is 0 Å². The Morgan fingerprint density at radius 3 is 1.24 bits per heavy atom. The Bertz CT molecular complexity index is 845. The molecule has 190 valence electrons. The third-order valence-electron chi connectivity index (χ3n) is 4.09. The molecule has 0 aliphatic carbocycles. The molecule has 0 radical (unpaired) electrons. The second-order valence-electron chi connectivity index (χ2n) is 6.92. The molecule has 0 saturated carbocycles. The number of rotatable bonds is 16. The highest BCUT2D eigenvalue weighted by atomic mass is 16.6. The molecule has 0 saturated heterocycles. The van der Waals surface area contributed by atoms with Crippen LogP contribution >= 0.6 is 0 Å². The first-order valence-electron chi connectivity index (χ1n) is 9.00. The normalized spacial score (nSPS) is 12.1. The van der Waals surface area contributed by atoms with Crippen molar-refractivity contribution in [2.45, 2.75) is 55.8 Å². The maximum absolute atomic E-state index is 12.1. The SMILES string of the molecule is N[C@@H](CCC(=O)OC(CC(=O)O)(CC(=O)O)C(=O)O)C(=O)OC(CC(=O)O)(CC(=O)O)C(=O)O. The highest BCUT2D eigenvalue weighted by molar-refractivity contribution is 5.92. The second kappa shape index (κ2) is 12.1. The topological polar surface area (TPSA) is 302 Å². The van der Waals surface area contributed by atoms with Gasteiger partial charge in [0.1, 0.15) is 6.04 Å². The smallest absolute Gasteiger partial charge is 0.349 e. The Balaban J connectivity index is 5.46. The van der Waals surface area contributed by atoms with E-state index in [1.165, 1.54) is 0 Å². The third kappa shape index (κ3) is 9.07. The molecule has 0 rings (SSSR count). The van der Waals surface area contributed by atoms with Crippen molar-refractivity contribution >= 4 is 47.8 Å². The molecule has 0 aliphatic heterocycles. The summed E-state index contributed by atoms with van der Waals surface area (Å²) in [6.45, 7) is 0. The van der Waals surface area contributed by atoms with Gasteiger partial charge in [0, 0.05) is 6.42 Å². The molecule has 0 bridgehead atoms. The Morgan fingerprint density at radius 1 is 0.618 bits per heavy atom. The summed E-state index contributed by atoms with van der Waals surface area (Å²) in [6.07, 6.45) is -7.38. The van der Waals surface area contributed by atoms with E-state index < -0.39 is 104 Å². The average molecular weight is 495 g/mol. The molecule has 0 aromatic rings. The maximum atomic E-state index is 12.1. The van der Waals surface area contributed by atoms with E-state index in [1.807, 2.05) is 0 Å². The fourth-order valence-electron chi connectivity index (χ4n) is 2.56. The molecule has 0 spiro atoms. The zero-order valence-electron chi connectivity index (χ0n) is 17.2. The lowest BCUT2D eigenvalue weighted by Crippen LogP contribution is -2.50. The number of aliphatic carboxylic acids is 6. The van der Waals surface area contributed by atoms with Crippen LogP contribution in [-0.4, -0.2) is 95.6 Å². The minimum Gasteiger partial charge on any atom is -0.481 e. The summed E-state index contributed by atoms with van der Waals surface area (Å²) < 4.78 is 9.07. The van der Waals surface area contributed by atoms with Crippen molar-refractivity contribution in [3.8, 4) is 0 Å². The van der Waals surface area contributed by atoms with E-state index in [0.29, 0.717) is 0 Å². The molecule has 0 unspecified atom stereocenters. The lowest BCUT2D eigenvalue weighted by Gasteiger charge is -2.28. The number of carboxylic acid groups (broad SMARTS) is 6. The Hall–Kier alpha value is -4.28. The highest BCUT2D eigenvalue weighted by Gasteiger charge is 2.49. The first kappa shape index (κ1) is 29.7. The van der Waals surface area contributed by atoms with Gasteiger partial charge in [-0.3, -0.25) is 28.8 Å². The van der Waals surface area contributed by atoms with Crippen LogP contribution in [0.2, 0.25) is 0 Å². The van der Waals surface area contributed by atoms with E-state index in [1.54, 1.807) is 0 Å². The predicted molar refractivity (Wildman–Crippen MR) is 99.1 cm³/mol. The highest BCUT2D eigenvalue weighted by Crippen LogP contribution is 2.25. The van der Waals surface area contributed by atoms with Crippen LogP contribution in [-0.2, 0) is 47.8 Å². The Labute approximate surface area is 188 Å². The van der Waals surface area contributed by atoms with Gasteiger partial charge in [0.25, 0.3) is 0 Å². The molecule has 0 aromatic heterocycles. The Morgan fingerprint density at radius 2 is 0.941 bits per heavy atom. The minimum absolute atomic E-state index is 0.747. The molecule has 0 fully saturated rings. The quantitative estimate of drug-likeness (QED) is 0.111. The molecule has 0 amide bonds. The van der Waals surface area contributed by atoms with Gasteiger partial charge in [-0.15, -0.1) is 0 Å². The summed E-state index contributed by atoms with van der Waals surface area (Å²) in [5, 5.41) is 53.8. The standard InChI is InChI=1S/C17H21NO16/c18-7(13(28)34-17(15(31)32,5-10(23)24)6-11(25)26)1-2-12(27)33-16(14(29)30,3-8(19)20)4-9(21)22/h7H,1-6,18H2,(H,19,20)(H,21,22)(H,23,24)(H,25,26)(H,29,30)(H,31,32)/t7-/m0/s1. The monoisotopic (exact) mass is 495 g/mol. The van der Waals surface area contributed by atoms with Gasteiger partial charge in [-0.2, -0.15) is 0 Å². The lowest BCUT2D eigenvalue weighted by molar-refractivity contribution is -0.187. The van der Waals surface area contributed by atoms with E-state index in [4.69, 9.17) is 26.2 Å². The van der Waals surface area contributed by atoms with Crippen molar-refractivity contribution in [2.24, 2.45) is 5.73 Å². The summed E-state index contributed by atoms with van der Waals surface area (Å²) in [6, 6.07) is -1.87. The molecule has 0 aliphatic rings. The number of carbonyl (C=O) groups excluding carboxylic acids is 2. The third-order valence-corrected chi connectivity index (χ3v) is 4.09. The van der Waals surface area contributed by atoms with Crippen molar-refractivity contribution in [1.29, 1.82) is 0 Å². The van der Waals surface area contributed by atoms with Crippen LogP contribution < -0.4 is 5.73 Å². The van der Waals surface area contributed by atoms with E-state index in [0.717, 1.165) is 0 Å². The maximum Gasteiger partial charge on any atom is 0.349 e. The minimum atomic E-state index is -3.03. The molecular formula is C17H21NO16. The van der Waals surface area contributed by atoms with Crippen molar-refractivity contribution in [3.05, 3.63) is 0 Å². The van der Waals surface area contributed by atoms with Crippen LogP contribution in [0.25, 0.3) is 0 Å². The number of carbonyl (C=O) groups is 8. The summed E-state index contributed by atoms with van der Waals surface area (Å²) >= 11 is 0. The zero-order chi connectivity index (χ0) is 26.9. The predicted octanol–water partition coefficient (Wildman–Crippen LogP) is -2.27. The molecule has 1 atom stereocenters. The summed E-state index contributed by atoms with van der Waals surface area (Å²) in [5.74, 6) is -14.6. The number of nitrogens with two attached hydrogens (primary N) is 1. The van der Waals surface area contributed by atoms with E-state index in [2.05, 4.69) is 9.47 Å². The van der Waals surface area contributed by atoms with Crippen molar-refractivity contribution in [1.82, 2.24) is 0 Å². The Kier molecular flexibility index (Phi) is 10.6. The molecule has 8 N–H and O–H groups in total. The summed E-state index contributed by atoms with van der Waals surface area (Å²) in [5.41, 5.74) is -0.574. The zero-order valence-corrected chi connectivity index (χ0v) is 17.2. The van der Waals surface area contributed by atoms with Crippen LogP contribution in [0, 0.1) is 0 Å². The number of ether oxygens (including phenoxy) is 2. The van der Waals surface area contributed by atoms with Crippen LogP contribution in [0.15, 0.2) is 0 Å². The van der Waals surface area contributed by atoms with Crippen LogP contribution in [0.4, 0.5) is 0 Å². The molecule has 17 nitrogen and oxygen atoms in total. The number of hydrogen-bond acceptors (Lipinski definition) is 11. The lowest BCUT2D eigenvalue weighted by atomic mass is 9.94. The van der Waals surface area contributed by atoms with Crippen molar-refractivity contribution in [3.63, 3.8) is 0 Å². The number of esters is 2. The first-order valence-corrected chi connectivity index (χ1v) is 9.00. The molecular weight excluding hydrogens is 474 g/mol. The molecule has 0 heterocycles. The van der Waals surface area contributed by atoms with Crippen molar-refractivity contribution < 1.29 is 78.5 Å². The van der Waals surface area contributed by atoms with Gasteiger partial charge in [-0.25, -0.2) is 9.59 Å². The van der Waals surface area contributed by atoms with E-state index >= 15 is 0 Å². The summed E-state index contributed by atoms with van der Waals surface area (Å²) in [7, 11) is 0. The van der Waals surface area contributed by atoms with Gasteiger partial charge >= 0.3 is 47.8 Å². The number of carboxylic acids is 6. The van der Waals surface area contributed by atoms with Gasteiger partial charge in [0.05, 0.1) is 25.7 Å². The first-order chi connectivity index (χ1) is 15.5. The summed E-state index contributed by atoms with van der Waals surface area (Å²) in [4.78, 5) is 90.7. The van der Waals surface area contributed by atoms with Gasteiger partial charge in [-0.05, 0) is 6.42 Å². The molecule has 17 heteroatoms. The van der Waals surface area contributed by atoms with Gasteiger partial charge in [0.15, 0.2) is 0 Å². The fourth-order valence-corrected chi connectivity index (χ4v) is 2.56. The fraction of sp³-hybridized carbons (Fsp3) is 0.529. The average Bonchev–Trinajstić information content (AvgIpc) is 2.63. The molecule has 34 heavy (non-hydrogen) atoms. The molecule has 0 aromatic carbocycles. The second-order valence-corrected chi connectivity index (χ2v) is 6.92. The van der Waals surface area contributed by atoms with Crippen LogP contribution in [0.1, 0.15) is 38.5 Å². The van der Waals surface area contributed by atoms with E-state index in [9.17, 15) is 48.6 Å². The van der Waals surface area contributed by atoms with Gasteiger partial charge in [-0.1, -0.05) is 0 Å². The van der Waals surface area contributed by atoms with Gasteiger partial charge < -0.3 is 45.8 Å².